The van der Waals surface area contributed by atoms with Crippen LogP contribution in [0.3, 0.4) is 0 Å². The minimum Gasteiger partial charge on any atom is -0.379 e. The van der Waals surface area contributed by atoms with E-state index >= 15 is 0 Å². The first-order valence-corrected chi connectivity index (χ1v) is 13.2. The Morgan fingerprint density at radius 3 is 2.37 bits per heavy atom. The van der Waals surface area contributed by atoms with Crippen molar-refractivity contribution in [2.24, 2.45) is 0 Å². The number of benzene rings is 1. The summed E-state index contributed by atoms with van der Waals surface area (Å²) in [6.07, 6.45) is 2.01. The second kappa shape index (κ2) is 13.3. The van der Waals surface area contributed by atoms with E-state index in [0.717, 1.165) is 113 Å². The highest BCUT2D eigenvalue weighted by atomic mass is 32.1. The molecule has 0 aliphatic carbocycles. The Balaban J connectivity index is 1.37. The lowest BCUT2D eigenvalue weighted by Crippen LogP contribution is -2.43. The summed E-state index contributed by atoms with van der Waals surface area (Å²) < 4.78 is 10.9. The Labute approximate surface area is 213 Å². The molecule has 2 aliphatic rings. The zero-order valence-corrected chi connectivity index (χ0v) is 21.7. The minimum absolute atomic E-state index is 0.0466. The highest BCUT2D eigenvalue weighted by molar-refractivity contribution is 7.80. The van der Waals surface area contributed by atoms with Gasteiger partial charge in [-0.25, -0.2) is 0 Å². The number of ether oxygens (including phenoxy) is 2. The summed E-state index contributed by atoms with van der Waals surface area (Å²) in [6, 6.07) is 8.11. The first-order valence-electron chi connectivity index (χ1n) is 12.8. The van der Waals surface area contributed by atoms with Crippen molar-refractivity contribution in [1.82, 2.24) is 25.0 Å². The molecule has 35 heavy (non-hydrogen) atoms. The van der Waals surface area contributed by atoms with Crippen LogP contribution in [0.15, 0.2) is 29.1 Å². The Morgan fingerprint density at radius 1 is 1.03 bits per heavy atom. The number of hydrogen-bond donors (Lipinski definition) is 2. The van der Waals surface area contributed by atoms with Gasteiger partial charge in [-0.3, -0.25) is 14.6 Å². The molecule has 2 aromatic rings. The van der Waals surface area contributed by atoms with Crippen LogP contribution in [0.25, 0.3) is 10.9 Å². The molecule has 1 aromatic carbocycles. The molecule has 2 N–H and O–H groups in total. The molecule has 2 aliphatic heterocycles. The van der Waals surface area contributed by atoms with Crippen molar-refractivity contribution >= 4 is 28.2 Å². The van der Waals surface area contributed by atoms with Crippen molar-refractivity contribution in [3.05, 3.63) is 45.7 Å². The summed E-state index contributed by atoms with van der Waals surface area (Å²) in [4.78, 5) is 22.9. The molecule has 0 spiro atoms. The van der Waals surface area contributed by atoms with Crippen LogP contribution in [0, 0.1) is 6.92 Å². The predicted molar refractivity (Wildman–Crippen MR) is 144 cm³/mol. The summed E-state index contributed by atoms with van der Waals surface area (Å²) in [6.45, 7) is 13.5. The third kappa shape index (κ3) is 7.98. The van der Waals surface area contributed by atoms with Gasteiger partial charge in [-0.15, -0.1) is 0 Å². The Hall–Kier alpha value is -2.04. The number of nitrogens with zero attached hydrogens (tertiary/aromatic N) is 3. The number of aryl methyl sites for hydroxylation is 1. The van der Waals surface area contributed by atoms with Crippen LogP contribution in [0.4, 0.5) is 0 Å². The fourth-order valence-electron chi connectivity index (χ4n) is 4.69. The van der Waals surface area contributed by atoms with Gasteiger partial charge in [0.2, 0.25) is 0 Å². The largest absolute Gasteiger partial charge is 0.379 e. The molecule has 0 atom stereocenters. The monoisotopic (exact) mass is 501 g/mol. The lowest BCUT2D eigenvalue weighted by atomic mass is 10.1. The van der Waals surface area contributed by atoms with Gasteiger partial charge in [0.1, 0.15) is 0 Å². The van der Waals surface area contributed by atoms with Gasteiger partial charge in [0.25, 0.3) is 5.56 Å². The predicted octanol–water partition coefficient (Wildman–Crippen LogP) is 1.96. The fraction of sp³-hybridized carbons (Fsp3) is 0.615. The Kier molecular flexibility index (Phi) is 9.91. The quantitative estimate of drug-likeness (QED) is 0.378. The second-order valence-electron chi connectivity index (χ2n) is 9.48. The maximum absolute atomic E-state index is 12.8. The topological polar surface area (TPSA) is 73.1 Å². The molecule has 0 bridgehead atoms. The van der Waals surface area contributed by atoms with Gasteiger partial charge >= 0.3 is 0 Å². The molecule has 192 valence electrons. The smallest absolute Gasteiger partial charge is 0.253 e. The van der Waals surface area contributed by atoms with Gasteiger partial charge in [-0.1, -0.05) is 11.6 Å². The number of fused-ring (bicyclic) bond motifs is 1. The highest BCUT2D eigenvalue weighted by Gasteiger charge is 2.16. The molecule has 2 saturated heterocycles. The number of thiocarbonyl (C=S) groups is 1. The molecular formula is C26H39N5O3S. The lowest BCUT2D eigenvalue weighted by molar-refractivity contribution is 0.0367. The SMILES string of the molecule is Cc1ccc2[nH]c(=O)c(CN(CCCN3CCOCC3)C(=S)NCCCN3CCOCC3)cc2c1. The number of pyridine rings is 1. The molecule has 0 saturated carbocycles. The van der Waals surface area contributed by atoms with Crippen molar-refractivity contribution in [3.8, 4) is 0 Å². The second-order valence-corrected chi connectivity index (χ2v) is 9.87. The molecular weight excluding hydrogens is 462 g/mol. The van der Waals surface area contributed by atoms with E-state index in [1.54, 1.807) is 0 Å². The summed E-state index contributed by atoms with van der Waals surface area (Å²) in [7, 11) is 0. The van der Waals surface area contributed by atoms with E-state index in [1.165, 1.54) is 5.56 Å². The number of hydrogen-bond acceptors (Lipinski definition) is 6. The summed E-state index contributed by atoms with van der Waals surface area (Å²) in [5.41, 5.74) is 2.74. The first kappa shape index (κ1) is 26.0. The van der Waals surface area contributed by atoms with Gasteiger partial charge in [-0.05, 0) is 62.1 Å². The van der Waals surface area contributed by atoms with E-state index in [4.69, 9.17) is 21.7 Å². The minimum atomic E-state index is -0.0466. The van der Waals surface area contributed by atoms with Gasteiger partial charge in [0, 0.05) is 56.9 Å². The normalized spacial score (nSPS) is 17.5. The molecule has 9 heteroatoms. The number of H-pyrrole nitrogens is 1. The van der Waals surface area contributed by atoms with Crippen molar-refractivity contribution < 1.29 is 9.47 Å². The highest BCUT2D eigenvalue weighted by Crippen LogP contribution is 2.14. The van der Waals surface area contributed by atoms with Crippen LogP contribution in [0.5, 0.6) is 0 Å². The van der Waals surface area contributed by atoms with E-state index in [9.17, 15) is 4.79 Å². The lowest BCUT2D eigenvalue weighted by Gasteiger charge is -2.30. The van der Waals surface area contributed by atoms with Crippen LogP contribution >= 0.6 is 12.2 Å². The maximum atomic E-state index is 12.8. The number of morpholine rings is 2. The standard InChI is InChI=1S/C26H39N5O3S/c1-21-4-5-24-22(18-21)19-23(25(32)28-24)20-31(9-3-8-30-12-16-34-17-13-30)26(35)27-6-2-7-29-10-14-33-15-11-29/h4-5,18-19H,2-3,6-17,20H2,1H3,(H,27,35)(H,28,32). The van der Waals surface area contributed by atoms with Crippen LogP contribution in [0.1, 0.15) is 24.0 Å². The number of rotatable bonds is 10. The third-order valence-electron chi connectivity index (χ3n) is 6.76. The van der Waals surface area contributed by atoms with Gasteiger partial charge < -0.3 is 24.7 Å². The maximum Gasteiger partial charge on any atom is 0.253 e. The van der Waals surface area contributed by atoms with Gasteiger partial charge in [0.15, 0.2) is 5.11 Å². The van der Waals surface area contributed by atoms with Crippen molar-refractivity contribution in [3.63, 3.8) is 0 Å². The zero-order chi connectivity index (χ0) is 24.5. The molecule has 2 fully saturated rings. The van der Waals surface area contributed by atoms with Crippen LogP contribution in [0.2, 0.25) is 0 Å². The van der Waals surface area contributed by atoms with Crippen molar-refractivity contribution in [2.75, 3.05) is 78.8 Å². The van der Waals surface area contributed by atoms with E-state index in [2.05, 4.69) is 38.0 Å². The van der Waals surface area contributed by atoms with Crippen molar-refractivity contribution in [2.45, 2.75) is 26.3 Å². The molecule has 0 radical (unpaired) electrons. The van der Waals surface area contributed by atoms with E-state index in [0.29, 0.717) is 6.54 Å². The summed E-state index contributed by atoms with van der Waals surface area (Å²) in [5.74, 6) is 0. The average molecular weight is 502 g/mol. The van der Waals surface area contributed by atoms with Crippen molar-refractivity contribution in [1.29, 1.82) is 0 Å². The van der Waals surface area contributed by atoms with Crippen LogP contribution < -0.4 is 10.9 Å². The average Bonchev–Trinajstić information content (AvgIpc) is 2.87. The van der Waals surface area contributed by atoms with E-state index in [-0.39, 0.29) is 5.56 Å². The number of aromatic amines is 1. The number of aromatic nitrogens is 1. The molecule has 1 aromatic heterocycles. The van der Waals surface area contributed by atoms with Gasteiger partial charge in [-0.2, -0.15) is 0 Å². The molecule has 8 nitrogen and oxygen atoms in total. The molecule has 0 amide bonds. The Morgan fingerprint density at radius 2 is 1.69 bits per heavy atom. The Bertz CT molecular complexity index is 1020. The summed E-state index contributed by atoms with van der Waals surface area (Å²) in [5, 5.41) is 5.22. The zero-order valence-electron chi connectivity index (χ0n) is 20.9. The van der Waals surface area contributed by atoms with E-state index in [1.807, 2.05) is 18.2 Å². The van der Waals surface area contributed by atoms with E-state index < -0.39 is 0 Å². The molecule has 4 rings (SSSR count). The number of nitrogens with one attached hydrogen (secondary N) is 2. The van der Waals surface area contributed by atoms with Gasteiger partial charge in [0.05, 0.1) is 33.0 Å². The third-order valence-corrected chi connectivity index (χ3v) is 7.16. The molecule has 0 unspecified atom stereocenters. The first-order chi connectivity index (χ1) is 17.1. The summed E-state index contributed by atoms with van der Waals surface area (Å²) >= 11 is 5.81. The molecule has 3 heterocycles. The van der Waals surface area contributed by atoms with Crippen LogP contribution in [-0.4, -0.2) is 104 Å². The van der Waals surface area contributed by atoms with Crippen LogP contribution in [-0.2, 0) is 16.0 Å². The fourth-order valence-corrected chi connectivity index (χ4v) is 4.95.